The van der Waals surface area contributed by atoms with Gasteiger partial charge in [-0.15, -0.1) is 11.3 Å². The van der Waals surface area contributed by atoms with E-state index in [0.717, 1.165) is 38.6 Å². The van der Waals surface area contributed by atoms with Crippen molar-refractivity contribution in [3.63, 3.8) is 0 Å². The molecule has 1 saturated carbocycles. The predicted molar refractivity (Wildman–Crippen MR) is 92.6 cm³/mol. The van der Waals surface area contributed by atoms with Crippen LogP contribution in [0.3, 0.4) is 0 Å². The summed E-state index contributed by atoms with van der Waals surface area (Å²) >= 11 is 1.82. The number of thiophene rings is 1. The molecule has 1 aliphatic heterocycles. The number of carbonyl (C=O) groups excluding carboxylic acids is 1. The van der Waals surface area contributed by atoms with Crippen molar-refractivity contribution >= 4 is 27.3 Å². The lowest BCUT2D eigenvalue weighted by Gasteiger charge is -2.31. The van der Waals surface area contributed by atoms with E-state index in [1.165, 1.54) is 20.5 Å². The maximum absolute atomic E-state index is 12.6. The van der Waals surface area contributed by atoms with Gasteiger partial charge in [-0.3, -0.25) is 4.79 Å². The zero-order valence-corrected chi connectivity index (χ0v) is 13.9. The lowest BCUT2D eigenvalue weighted by Crippen LogP contribution is -2.53. The second-order valence-electron chi connectivity index (χ2n) is 6.60. The highest BCUT2D eigenvalue weighted by Gasteiger charge is 2.30. The number of hydrogen-bond acceptors (Lipinski definition) is 4. The molecule has 3 N–H and O–H groups in total. The number of fused-ring (bicyclic) bond motifs is 3. The summed E-state index contributed by atoms with van der Waals surface area (Å²) in [4.78, 5) is 13.9. The second-order valence-corrected chi connectivity index (χ2v) is 7.74. The molecule has 2 aromatic rings. The third kappa shape index (κ3) is 2.89. The Balaban J connectivity index is 1.50. The van der Waals surface area contributed by atoms with E-state index in [9.17, 15) is 9.90 Å². The van der Waals surface area contributed by atoms with Crippen molar-refractivity contribution in [2.75, 3.05) is 0 Å². The number of carbonyl (C=O) groups is 1. The summed E-state index contributed by atoms with van der Waals surface area (Å²) in [5.74, 6) is 0.0249. The molecular weight excluding hydrogens is 308 g/mol. The first-order valence-corrected chi connectivity index (χ1v) is 9.25. The van der Waals surface area contributed by atoms with Gasteiger partial charge in [-0.2, -0.15) is 0 Å². The van der Waals surface area contributed by atoms with E-state index in [-0.39, 0.29) is 18.0 Å². The van der Waals surface area contributed by atoms with Crippen LogP contribution in [0.1, 0.15) is 36.1 Å². The lowest BCUT2D eigenvalue weighted by molar-refractivity contribution is -0.125. The van der Waals surface area contributed by atoms with Crippen LogP contribution in [0.25, 0.3) is 10.1 Å². The number of aliphatic hydroxyl groups is 1. The van der Waals surface area contributed by atoms with Gasteiger partial charge in [0.1, 0.15) is 0 Å². The van der Waals surface area contributed by atoms with E-state index in [0.29, 0.717) is 0 Å². The van der Waals surface area contributed by atoms with E-state index in [2.05, 4.69) is 34.9 Å². The van der Waals surface area contributed by atoms with Gasteiger partial charge in [0.2, 0.25) is 5.91 Å². The van der Waals surface area contributed by atoms with Gasteiger partial charge >= 0.3 is 0 Å². The Kier molecular flexibility index (Phi) is 4.09. The molecule has 0 bridgehead atoms. The zero-order valence-electron chi connectivity index (χ0n) is 13.0. The number of aliphatic hydroxyl groups excluding tert-OH is 1. The molecule has 0 radical (unpaired) electrons. The van der Waals surface area contributed by atoms with Crippen molar-refractivity contribution in [2.45, 2.75) is 56.8 Å². The topological polar surface area (TPSA) is 61.4 Å². The summed E-state index contributed by atoms with van der Waals surface area (Å²) in [6.07, 6.45) is 4.15. The monoisotopic (exact) mass is 330 g/mol. The van der Waals surface area contributed by atoms with Crippen LogP contribution in [0.15, 0.2) is 24.3 Å². The third-order valence-electron chi connectivity index (χ3n) is 5.07. The summed E-state index contributed by atoms with van der Waals surface area (Å²) < 4.78 is 1.29. The zero-order chi connectivity index (χ0) is 15.8. The molecule has 0 spiro atoms. The Labute approximate surface area is 139 Å². The molecule has 3 unspecified atom stereocenters. The molecule has 1 aromatic carbocycles. The maximum atomic E-state index is 12.6. The van der Waals surface area contributed by atoms with Gasteiger partial charge in [-0.05, 0) is 36.3 Å². The van der Waals surface area contributed by atoms with Crippen LogP contribution in [0.2, 0.25) is 0 Å². The summed E-state index contributed by atoms with van der Waals surface area (Å²) in [6.45, 7) is 0.750. The second kappa shape index (κ2) is 6.23. The number of benzene rings is 1. The van der Waals surface area contributed by atoms with E-state index in [1.807, 2.05) is 11.3 Å². The van der Waals surface area contributed by atoms with Crippen molar-refractivity contribution in [1.29, 1.82) is 0 Å². The fourth-order valence-corrected chi connectivity index (χ4v) is 4.94. The highest BCUT2D eigenvalue weighted by molar-refractivity contribution is 7.19. The van der Waals surface area contributed by atoms with E-state index in [4.69, 9.17) is 0 Å². The van der Waals surface area contributed by atoms with Crippen molar-refractivity contribution in [2.24, 2.45) is 0 Å². The molecular formula is C18H22N2O2S. The van der Waals surface area contributed by atoms with Gasteiger partial charge in [0.05, 0.1) is 18.2 Å². The molecule has 2 aliphatic rings. The molecule has 1 amide bonds. The molecule has 1 aromatic heterocycles. The Morgan fingerprint density at radius 2 is 2.09 bits per heavy atom. The quantitative estimate of drug-likeness (QED) is 0.792. The Morgan fingerprint density at radius 1 is 1.26 bits per heavy atom. The third-order valence-corrected chi connectivity index (χ3v) is 6.29. The van der Waals surface area contributed by atoms with Crippen LogP contribution >= 0.6 is 11.3 Å². The summed E-state index contributed by atoms with van der Waals surface area (Å²) in [6, 6.07) is 8.13. The van der Waals surface area contributed by atoms with Crippen molar-refractivity contribution < 1.29 is 9.90 Å². The minimum absolute atomic E-state index is 0.0249. The van der Waals surface area contributed by atoms with Crippen LogP contribution in [0.4, 0.5) is 0 Å². The first kappa shape index (κ1) is 15.1. The highest BCUT2D eigenvalue weighted by atomic mass is 32.1. The summed E-state index contributed by atoms with van der Waals surface area (Å²) in [7, 11) is 0. The van der Waals surface area contributed by atoms with Crippen LogP contribution in [-0.2, 0) is 17.8 Å². The molecule has 0 saturated heterocycles. The molecule has 2 heterocycles. The van der Waals surface area contributed by atoms with Crippen molar-refractivity contribution in [1.82, 2.24) is 10.6 Å². The summed E-state index contributed by atoms with van der Waals surface area (Å²) in [5, 5.41) is 17.7. The van der Waals surface area contributed by atoms with Gasteiger partial charge < -0.3 is 15.7 Å². The molecule has 122 valence electrons. The normalized spacial score (nSPS) is 27.6. The molecule has 1 fully saturated rings. The van der Waals surface area contributed by atoms with Gasteiger partial charge in [-0.1, -0.05) is 31.0 Å². The van der Waals surface area contributed by atoms with Crippen molar-refractivity contribution in [3.8, 4) is 0 Å². The van der Waals surface area contributed by atoms with Crippen molar-refractivity contribution in [3.05, 3.63) is 34.7 Å². The first-order chi connectivity index (χ1) is 11.2. The molecule has 1 aliphatic carbocycles. The average Bonchev–Trinajstić information content (AvgIpc) is 2.94. The van der Waals surface area contributed by atoms with E-state index >= 15 is 0 Å². The molecule has 5 heteroatoms. The number of amides is 1. The lowest BCUT2D eigenvalue weighted by atomic mass is 9.91. The largest absolute Gasteiger partial charge is 0.391 e. The minimum Gasteiger partial charge on any atom is -0.391 e. The van der Waals surface area contributed by atoms with Gasteiger partial charge in [0.25, 0.3) is 0 Å². The smallest absolute Gasteiger partial charge is 0.237 e. The standard InChI is InChI=1S/C18H22N2O2S/c21-15-7-3-2-6-13(15)20-18(22)14-9-12-11-5-1-4-8-16(11)23-17(12)10-19-14/h1,4-5,8,13-15,19,21H,2-3,6-7,9-10H2,(H,20,22). The number of rotatable bonds is 2. The SMILES string of the molecule is O=C(NC1CCCCC1O)C1Cc2c(sc3ccccc23)CN1. The number of hydrogen-bond donors (Lipinski definition) is 3. The Morgan fingerprint density at radius 3 is 2.96 bits per heavy atom. The van der Waals surface area contributed by atoms with Crippen LogP contribution in [0, 0.1) is 0 Å². The summed E-state index contributed by atoms with van der Waals surface area (Å²) in [5.41, 5.74) is 1.31. The van der Waals surface area contributed by atoms with Crippen LogP contribution < -0.4 is 10.6 Å². The molecule has 4 nitrogen and oxygen atoms in total. The fourth-order valence-electron chi connectivity index (χ4n) is 3.76. The molecule has 23 heavy (non-hydrogen) atoms. The van der Waals surface area contributed by atoms with Gasteiger partial charge in [-0.25, -0.2) is 0 Å². The minimum atomic E-state index is -0.395. The average molecular weight is 330 g/mol. The van der Waals surface area contributed by atoms with E-state index in [1.54, 1.807) is 0 Å². The Bertz CT molecular complexity index is 727. The van der Waals surface area contributed by atoms with E-state index < -0.39 is 6.10 Å². The highest BCUT2D eigenvalue weighted by Crippen LogP contribution is 2.34. The Hall–Kier alpha value is -1.43. The maximum Gasteiger partial charge on any atom is 0.237 e. The molecule has 3 atom stereocenters. The van der Waals surface area contributed by atoms with Crippen LogP contribution in [0.5, 0.6) is 0 Å². The number of nitrogens with one attached hydrogen (secondary N) is 2. The van der Waals surface area contributed by atoms with Gasteiger partial charge in [0.15, 0.2) is 0 Å². The first-order valence-electron chi connectivity index (χ1n) is 8.43. The van der Waals surface area contributed by atoms with Crippen LogP contribution in [-0.4, -0.2) is 29.2 Å². The van der Waals surface area contributed by atoms with Gasteiger partial charge in [0, 0.05) is 16.1 Å². The molecule has 4 rings (SSSR count). The fraction of sp³-hybridized carbons (Fsp3) is 0.500. The predicted octanol–water partition coefficient (Wildman–Crippen LogP) is 2.34.